The Kier molecular flexibility index (Phi) is 2.68. The maximum Gasteiger partial charge on any atom is 0.0337 e. The molecule has 6 N–H and O–H groups in total. The van der Waals surface area contributed by atoms with E-state index >= 15 is 0 Å². The van der Waals surface area contributed by atoms with Crippen molar-refractivity contribution in [3.63, 3.8) is 0 Å². The molecule has 0 fully saturated rings. The molecule has 0 aliphatic heterocycles. The van der Waals surface area contributed by atoms with Crippen LogP contribution in [-0.2, 0) is 6.42 Å². The largest absolute Gasteiger partial charge is 0.399 e. The molecule has 0 spiro atoms. The van der Waals surface area contributed by atoms with E-state index in [0.29, 0.717) is 11.4 Å². The first kappa shape index (κ1) is 10.4. The normalized spacial score (nSPS) is 10.2. The van der Waals surface area contributed by atoms with Crippen LogP contribution in [-0.4, -0.2) is 0 Å². The highest BCUT2D eigenvalue weighted by Crippen LogP contribution is 2.17. The summed E-state index contributed by atoms with van der Waals surface area (Å²) in [6.45, 7) is 0. The zero-order valence-electron chi connectivity index (χ0n) is 8.98. The average Bonchev–Trinajstić information content (AvgIpc) is 2.20. The van der Waals surface area contributed by atoms with Gasteiger partial charge in [0.15, 0.2) is 0 Å². The lowest BCUT2D eigenvalue weighted by molar-refractivity contribution is 1.20. The Morgan fingerprint density at radius 1 is 0.625 bits per heavy atom. The first-order valence-electron chi connectivity index (χ1n) is 5.13. The Balaban J connectivity index is 2.23. The molecule has 2 rings (SSSR count). The van der Waals surface area contributed by atoms with E-state index in [1.54, 1.807) is 6.07 Å². The van der Waals surface area contributed by atoms with Crippen LogP contribution < -0.4 is 17.2 Å². The molecule has 0 aliphatic carbocycles. The van der Waals surface area contributed by atoms with Gasteiger partial charge in [-0.05, 0) is 47.9 Å². The van der Waals surface area contributed by atoms with Crippen LogP contribution in [0.15, 0.2) is 42.5 Å². The molecule has 0 saturated carbocycles. The van der Waals surface area contributed by atoms with E-state index in [2.05, 4.69) is 0 Å². The molecule has 3 nitrogen and oxygen atoms in total. The SMILES string of the molecule is Nc1ccc(Cc2cc(N)cc(N)c2)cc1. The molecule has 0 amide bonds. The molecule has 16 heavy (non-hydrogen) atoms. The third-order valence-corrected chi connectivity index (χ3v) is 2.43. The van der Waals surface area contributed by atoms with Gasteiger partial charge < -0.3 is 17.2 Å². The molecular weight excluding hydrogens is 198 g/mol. The van der Waals surface area contributed by atoms with Gasteiger partial charge in [0, 0.05) is 17.1 Å². The quantitative estimate of drug-likeness (QED) is 0.668. The fourth-order valence-electron chi connectivity index (χ4n) is 1.72. The molecule has 0 radical (unpaired) electrons. The highest BCUT2D eigenvalue weighted by Gasteiger charge is 1.99. The number of hydrogen-bond donors (Lipinski definition) is 3. The molecule has 3 heteroatoms. The summed E-state index contributed by atoms with van der Waals surface area (Å²) in [7, 11) is 0. The van der Waals surface area contributed by atoms with Gasteiger partial charge in [0.25, 0.3) is 0 Å². The van der Waals surface area contributed by atoms with Gasteiger partial charge in [-0.3, -0.25) is 0 Å². The third kappa shape index (κ3) is 2.45. The van der Waals surface area contributed by atoms with E-state index in [1.807, 2.05) is 36.4 Å². The van der Waals surface area contributed by atoms with Crippen molar-refractivity contribution < 1.29 is 0 Å². The first-order valence-corrected chi connectivity index (χ1v) is 5.13. The highest BCUT2D eigenvalue weighted by atomic mass is 14.6. The molecule has 0 heterocycles. The minimum atomic E-state index is 0.699. The number of nitrogen functional groups attached to an aromatic ring is 3. The zero-order valence-corrected chi connectivity index (χ0v) is 8.98. The summed E-state index contributed by atoms with van der Waals surface area (Å²) in [5.74, 6) is 0. The van der Waals surface area contributed by atoms with Crippen molar-refractivity contribution in [2.75, 3.05) is 17.2 Å². The van der Waals surface area contributed by atoms with Crippen molar-refractivity contribution in [2.45, 2.75) is 6.42 Å². The number of hydrogen-bond acceptors (Lipinski definition) is 3. The van der Waals surface area contributed by atoms with Crippen LogP contribution in [0.1, 0.15) is 11.1 Å². The van der Waals surface area contributed by atoms with Gasteiger partial charge in [0.05, 0.1) is 0 Å². The van der Waals surface area contributed by atoms with E-state index in [9.17, 15) is 0 Å². The van der Waals surface area contributed by atoms with Crippen LogP contribution in [0.3, 0.4) is 0 Å². The standard InChI is InChI=1S/C13H15N3/c14-11-3-1-9(2-4-11)5-10-6-12(15)8-13(16)7-10/h1-4,6-8H,5,14-16H2. The topological polar surface area (TPSA) is 78.1 Å². The van der Waals surface area contributed by atoms with E-state index in [-0.39, 0.29) is 0 Å². The van der Waals surface area contributed by atoms with Gasteiger partial charge in [-0.15, -0.1) is 0 Å². The molecule has 0 aliphatic rings. The molecule has 2 aromatic rings. The minimum Gasteiger partial charge on any atom is -0.399 e. The van der Waals surface area contributed by atoms with Gasteiger partial charge in [-0.1, -0.05) is 12.1 Å². The van der Waals surface area contributed by atoms with Gasteiger partial charge >= 0.3 is 0 Å². The molecule has 0 atom stereocenters. The summed E-state index contributed by atoms with van der Waals surface area (Å²) in [4.78, 5) is 0. The van der Waals surface area contributed by atoms with E-state index < -0.39 is 0 Å². The van der Waals surface area contributed by atoms with Crippen molar-refractivity contribution in [2.24, 2.45) is 0 Å². The van der Waals surface area contributed by atoms with E-state index in [1.165, 1.54) is 5.56 Å². The predicted octanol–water partition coefficient (Wildman–Crippen LogP) is 2.02. The lowest BCUT2D eigenvalue weighted by Crippen LogP contribution is -1.95. The van der Waals surface area contributed by atoms with Crippen LogP contribution >= 0.6 is 0 Å². The summed E-state index contributed by atoms with van der Waals surface area (Å²) in [5.41, 5.74) is 21.6. The first-order chi connectivity index (χ1) is 7.63. The van der Waals surface area contributed by atoms with Crippen LogP contribution in [0, 0.1) is 0 Å². The van der Waals surface area contributed by atoms with Gasteiger partial charge in [-0.25, -0.2) is 0 Å². The highest BCUT2D eigenvalue weighted by molar-refractivity contribution is 5.55. The van der Waals surface area contributed by atoms with Gasteiger partial charge in [-0.2, -0.15) is 0 Å². The monoisotopic (exact) mass is 213 g/mol. The maximum absolute atomic E-state index is 5.74. The summed E-state index contributed by atoms with van der Waals surface area (Å²) in [6.07, 6.45) is 0.815. The van der Waals surface area contributed by atoms with Crippen LogP contribution in [0.25, 0.3) is 0 Å². The second-order valence-corrected chi connectivity index (χ2v) is 3.93. The van der Waals surface area contributed by atoms with E-state index in [4.69, 9.17) is 17.2 Å². The Bertz CT molecular complexity index is 469. The molecule has 82 valence electrons. The van der Waals surface area contributed by atoms with Crippen molar-refractivity contribution >= 4 is 17.1 Å². The second-order valence-electron chi connectivity index (χ2n) is 3.93. The predicted molar refractivity (Wildman–Crippen MR) is 68.9 cm³/mol. The molecule has 2 aromatic carbocycles. The van der Waals surface area contributed by atoms with Crippen LogP contribution in [0.4, 0.5) is 17.1 Å². The summed E-state index contributed by atoms with van der Waals surface area (Å²) >= 11 is 0. The number of rotatable bonds is 2. The summed E-state index contributed by atoms with van der Waals surface area (Å²) < 4.78 is 0. The molecule has 0 saturated heterocycles. The number of anilines is 3. The van der Waals surface area contributed by atoms with Crippen LogP contribution in [0.5, 0.6) is 0 Å². The Labute approximate surface area is 94.9 Å². The summed E-state index contributed by atoms with van der Waals surface area (Å²) in [6, 6.07) is 13.4. The van der Waals surface area contributed by atoms with Crippen LogP contribution in [0.2, 0.25) is 0 Å². The lowest BCUT2D eigenvalue weighted by Gasteiger charge is -2.05. The molecular formula is C13H15N3. The van der Waals surface area contributed by atoms with Crippen molar-refractivity contribution in [1.29, 1.82) is 0 Å². The molecule has 0 unspecified atom stereocenters. The minimum absolute atomic E-state index is 0.699. The Hall–Kier alpha value is -2.16. The van der Waals surface area contributed by atoms with E-state index in [0.717, 1.165) is 17.7 Å². The zero-order chi connectivity index (χ0) is 11.5. The average molecular weight is 213 g/mol. The lowest BCUT2D eigenvalue weighted by atomic mass is 10.0. The second kappa shape index (κ2) is 4.14. The molecule has 0 aromatic heterocycles. The van der Waals surface area contributed by atoms with Crippen molar-refractivity contribution in [3.8, 4) is 0 Å². The number of nitrogens with two attached hydrogens (primary N) is 3. The number of benzene rings is 2. The third-order valence-electron chi connectivity index (χ3n) is 2.43. The fraction of sp³-hybridized carbons (Fsp3) is 0.0769. The van der Waals surface area contributed by atoms with Gasteiger partial charge in [0.1, 0.15) is 0 Å². The Morgan fingerprint density at radius 2 is 1.19 bits per heavy atom. The maximum atomic E-state index is 5.74. The smallest absolute Gasteiger partial charge is 0.0337 e. The summed E-state index contributed by atoms with van der Waals surface area (Å²) in [5, 5.41) is 0. The van der Waals surface area contributed by atoms with Crippen molar-refractivity contribution in [1.82, 2.24) is 0 Å². The molecule has 0 bridgehead atoms. The Morgan fingerprint density at radius 3 is 1.75 bits per heavy atom. The van der Waals surface area contributed by atoms with Crippen molar-refractivity contribution in [3.05, 3.63) is 53.6 Å². The van der Waals surface area contributed by atoms with Gasteiger partial charge in [0.2, 0.25) is 0 Å². The fourth-order valence-corrected chi connectivity index (χ4v) is 1.72.